The van der Waals surface area contributed by atoms with Crippen LogP contribution in [0.4, 0.5) is 23.2 Å². The molecule has 0 aliphatic carbocycles. The predicted octanol–water partition coefficient (Wildman–Crippen LogP) is 5.12. The zero-order chi connectivity index (χ0) is 25.2. The van der Waals surface area contributed by atoms with Crippen molar-refractivity contribution in [1.82, 2.24) is 10.2 Å². The molecule has 180 valence electrons. The van der Waals surface area contributed by atoms with Crippen LogP contribution in [-0.2, 0) is 21.8 Å². The van der Waals surface area contributed by atoms with Gasteiger partial charge < -0.3 is 9.73 Å². The molecule has 0 aliphatic heterocycles. The molecule has 0 aliphatic rings. The zero-order valence-electron chi connectivity index (χ0n) is 17.6. The molecule has 0 atom stereocenters. The lowest BCUT2D eigenvalue weighted by Crippen LogP contribution is -2.15. The van der Waals surface area contributed by atoms with Crippen LogP contribution in [0.2, 0.25) is 0 Å². The van der Waals surface area contributed by atoms with Gasteiger partial charge in [0, 0.05) is 5.69 Å². The normalized spacial score (nSPS) is 11.9. The Hall–Kier alpha value is -4.06. The minimum absolute atomic E-state index is 0.272. The van der Waals surface area contributed by atoms with Gasteiger partial charge in [0.2, 0.25) is 15.7 Å². The smallest absolute Gasteiger partial charge is 0.408 e. The Bertz CT molecular complexity index is 1490. The lowest BCUT2D eigenvalue weighted by Gasteiger charge is -2.13. The highest BCUT2D eigenvalue weighted by Crippen LogP contribution is 2.38. The third-order valence-corrected chi connectivity index (χ3v) is 6.21. The third kappa shape index (κ3) is 5.38. The Morgan fingerprint density at radius 3 is 2.31 bits per heavy atom. The van der Waals surface area contributed by atoms with E-state index in [1.54, 1.807) is 30.3 Å². The van der Waals surface area contributed by atoms with Crippen LogP contribution in [0.3, 0.4) is 0 Å². The summed E-state index contributed by atoms with van der Waals surface area (Å²) < 4.78 is 85.4. The van der Waals surface area contributed by atoms with Crippen molar-refractivity contribution in [2.24, 2.45) is 0 Å². The van der Waals surface area contributed by atoms with Gasteiger partial charge in [0.05, 0.1) is 22.4 Å². The van der Waals surface area contributed by atoms with Crippen molar-refractivity contribution in [3.63, 3.8) is 0 Å². The van der Waals surface area contributed by atoms with Gasteiger partial charge >= 0.3 is 11.4 Å². The molecule has 4 aromatic rings. The summed E-state index contributed by atoms with van der Waals surface area (Å²) in [6.45, 7) is 0. The molecule has 1 N–H and O–H groups in total. The van der Waals surface area contributed by atoms with Crippen LogP contribution in [0.15, 0.2) is 82.4 Å². The van der Waals surface area contributed by atoms with Crippen LogP contribution in [-0.4, -0.2) is 24.5 Å². The van der Waals surface area contributed by atoms with Crippen molar-refractivity contribution in [1.29, 1.82) is 0 Å². The van der Waals surface area contributed by atoms with Gasteiger partial charge in [-0.25, -0.2) is 12.8 Å². The first-order valence-corrected chi connectivity index (χ1v) is 11.6. The maximum Gasteiger partial charge on any atom is 0.417 e. The van der Waals surface area contributed by atoms with Crippen LogP contribution in [0, 0.1) is 5.82 Å². The van der Waals surface area contributed by atoms with Crippen molar-refractivity contribution in [3.8, 4) is 11.5 Å². The summed E-state index contributed by atoms with van der Waals surface area (Å²) in [4.78, 5) is 12.3. The summed E-state index contributed by atoms with van der Waals surface area (Å²) in [5, 5.41) is 8.28. The van der Waals surface area contributed by atoms with E-state index >= 15 is 0 Å². The maximum atomic E-state index is 13.8. The van der Waals surface area contributed by atoms with E-state index in [-0.39, 0.29) is 11.3 Å². The topological polar surface area (TPSA) is 102 Å². The Kier molecular flexibility index (Phi) is 6.39. The zero-order valence-corrected chi connectivity index (χ0v) is 18.4. The second kappa shape index (κ2) is 9.29. The average molecular weight is 505 g/mol. The second-order valence-electron chi connectivity index (χ2n) is 7.31. The fraction of sp³-hybridized carbons (Fsp3) is 0.0870. The van der Waals surface area contributed by atoms with Gasteiger partial charge in [0.15, 0.2) is 0 Å². The van der Waals surface area contributed by atoms with Crippen molar-refractivity contribution >= 4 is 21.4 Å². The highest BCUT2D eigenvalue weighted by molar-refractivity contribution is 7.90. The molecule has 1 heterocycles. The number of rotatable bonds is 6. The maximum absolute atomic E-state index is 13.8. The molecule has 0 saturated carbocycles. The summed E-state index contributed by atoms with van der Waals surface area (Å²) in [6, 6.07) is 15.7. The molecule has 0 unspecified atom stereocenters. The standard InChI is InChI=1S/C23H15F4N3O4S/c24-19-9-5-4-8-17(19)20(31)28-15-10-11-16(18(12-15)23(25,26)27)21-29-30-22(34-21)35(32,33)13-14-6-2-1-3-7-14/h1-12H,13H2,(H,28,31). The number of benzene rings is 3. The molecule has 1 amide bonds. The van der Waals surface area contributed by atoms with E-state index in [0.717, 1.165) is 18.2 Å². The summed E-state index contributed by atoms with van der Waals surface area (Å²) in [5.74, 6) is -2.94. The Morgan fingerprint density at radius 2 is 1.63 bits per heavy atom. The molecule has 0 fully saturated rings. The largest absolute Gasteiger partial charge is 0.417 e. The first-order chi connectivity index (χ1) is 16.5. The monoisotopic (exact) mass is 505 g/mol. The number of sulfone groups is 1. The number of nitrogens with one attached hydrogen (secondary N) is 1. The molecule has 0 radical (unpaired) electrons. The van der Waals surface area contributed by atoms with Crippen LogP contribution in [0.5, 0.6) is 0 Å². The average Bonchev–Trinajstić information content (AvgIpc) is 3.30. The molecule has 12 heteroatoms. The second-order valence-corrected chi connectivity index (χ2v) is 9.18. The summed E-state index contributed by atoms with van der Waals surface area (Å²) in [6.07, 6.45) is -4.92. The van der Waals surface area contributed by atoms with Gasteiger partial charge in [-0.1, -0.05) is 47.6 Å². The van der Waals surface area contributed by atoms with Gasteiger partial charge in [-0.15, -0.1) is 5.10 Å². The Labute approximate surface area is 196 Å². The molecule has 1 aromatic heterocycles. The number of nitrogens with zero attached hydrogens (tertiary/aromatic N) is 2. The molecule has 0 saturated heterocycles. The van der Waals surface area contributed by atoms with E-state index in [0.29, 0.717) is 11.6 Å². The van der Waals surface area contributed by atoms with Crippen LogP contribution in [0.1, 0.15) is 21.5 Å². The third-order valence-electron chi connectivity index (χ3n) is 4.80. The van der Waals surface area contributed by atoms with E-state index < -0.39 is 55.7 Å². The Morgan fingerprint density at radius 1 is 0.943 bits per heavy atom. The van der Waals surface area contributed by atoms with Crippen molar-refractivity contribution in [2.75, 3.05) is 5.32 Å². The number of alkyl halides is 3. The fourth-order valence-electron chi connectivity index (χ4n) is 3.19. The molecular formula is C23H15F4N3O4S. The number of carbonyl (C=O) groups excluding carboxylic acids is 1. The van der Waals surface area contributed by atoms with Crippen molar-refractivity contribution in [3.05, 3.63) is 95.3 Å². The highest BCUT2D eigenvalue weighted by Gasteiger charge is 2.36. The number of aromatic nitrogens is 2. The first kappa shape index (κ1) is 24.1. The SMILES string of the molecule is O=C(Nc1ccc(-c2nnc(S(=O)(=O)Cc3ccccc3)o2)c(C(F)(F)F)c1)c1ccccc1F. The van der Waals surface area contributed by atoms with E-state index in [1.165, 1.54) is 18.2 Å². The summed E-state index contributed by atoms with van der Waals surface area (Å²) in [7, 11) is -4.12. The van der Waals surface area contributed by atoms with E-state index in [9.17, 15) is 30.8 Å². The molecule has 3 aromatic carbocycles. The number of hydrogen-bond acceptors (Lipinski definition) is 6. The van der Waals surface area contributed by atoms with Gasteiger partial charge in [-0.05, 0) is 35.9 Å². The van der Waals surface area contributed by atoms with Gasteiger partial charge in [-0.3, -0.25) is 4.79 Å². The number of amides is 1. The van der Waals surface area contributed by atoms with Crippen LogP contribution in [0.25, 0.3) is 11.5 Å². The molecule has 4 rings (SSSR count). The Balaban J connectivity index is 1.65. The first-order valence-electron chi connectivity index (χ1n) is 9.92. The van der Waals surface area contributed by atoms with Gasteiger partial charge in [0.25, 0.3) is 5.91 Å². The summed E-state index contributed by atoms with van der Waals surface area (Å²) in [5.41, 5.74) is -2.05. The minimum Gasteiger partial charge on any atom is -0.408 e. The van der Waals surface area contributed by atoms with Crippen LogP contribution < -0.4 is 5.32 Å². The van der Waals surface area contributed by atoms with Crippen molar-refractivity contribution < 1.29 is 35.2 Å². The van der Waals surface area contributed by atoms with Crippen molar-refractivity contribution in [2.45, 2.75) is 17.2 Å². The minimum atomic E-state index is -4.92. The fourth-order valence-corrected chi connectivity index (χ4v) is 4.31. The lowest BCUT2D eigenvalue weighted by atomic mass is 10.1. The molecule has 0 spiro atoms. The summed E-state index contributed by atoms with van der Waals surface area (Å²) >= 11 is 0. The molecule has 35 heavy (non-hydrogen) atoms. The van der Waals surface area contributed by atoms with Gasteiger partial charge in [0.1, 0.15) is 5.82 Å². The highest BCUT2D eigenvalue weighted by atomic mass is 32.2. The van der Waals surface area contributed by atoms with Gasteiger partial charge in [-0.2, -0.15) is 13.2 Å². The quantitative estimate of drug-likeness (QED) is 0.365. The molecule has 7 nitrogen and oxygen atoms in total. The molecular weight excluding hydrogens is 490 g/mol. The number of halogens is 4. The number of hydrogen-bond donors (Lipinski definition) is 1. The van der Waals surface area contributed by atoms with E-state index in [4.69, 9.17) is 4.42 Å². The van der Waals surface area contributed by atoms with Crippen LogP contribution >= 0.6 is 0 Å². The predicted molar refractivity (Wildman–Crippen MR) is 116 cm³/mol. The lowest BCUT2D eigenvalue weighted by molar-refractivity contribution is -0.137. The number of anilines is 1. The number of carbonyl (C=O) groups is 1. The van der Waals surface area contributed by atoms with E-state index in [1.807, 2.05) is 0 Å². The van der Waals surface area contributed by atoms with E-state index in [2.05, 4.69) is 15.5 Å². The molecule has 0 bridgehead atoms.